The first-order valence-corrected chi connectivity index (χ1v) is 7.13. The van der Waals surface area contributed by atoms with E-state index in [0.29, 0.717) is 29.3 Å². The zero-order chi connectivity index (χ0) is 16.8. The molecule has 2 aromatic rings. The van der Waals surface area contributed by atoms with Crippen LogP contribution in [-0.2, 0) is 6.42 Å². The highest BCUT2D eigenvalue weighted by Gasteiger charge is 2.16. The standard InChI is InChI=1S/C16H16ClN3O3/c1-4-5-10-8-11(9-12(22-2)15(10)23-3)16(21)18-14-7-6-13(17)19-20-14/h4,6-9H,1,5H2,2-3H3,(H,18,20,21). The van der Waals surface area contributed by atoms with Crippen LogP contribution in [0.2, 0.25) is 5.15 Å². The summed E-state index contributed by atoms with van der Waals surface area (Å²) in [5.74, 6) is 1.02. The Labute approximate surface area is 139 Å². The van der Waals surface area contributed by atoms with E-state index in [2.05, 4.69) is 22.1 Å². The Kier molecular flexibility index (Phi) is 5.54. The zero-order valence-corrected chi connectivity index (χ0v) is 13.6. The van der Waals surface area contributed by atoms with Crippen molar-refractivity contribution in [3.63, 3.8) is 0 Å². The third-order valence-corrected chi connectivity index (χ3v) is 3.26. The fraction of sp³-hybridized carbons (Fsp3) is 0.188. The number of methoxy groups -OCH3 is 2. The van der Waals surface area contributed by atoms with E-state index in [-0.39, 0.29) is 11.1 Å². The Morgan fingerprint density at radius 2 is 2.09 bits per heavy atom. The Bertz CT molecular complexity index is 717. The van der Waals surface area contributed by atoms with Crippen LogP contribution < -0.4 is 14.8 Å². The third kappa shape index (κ3) is 3.98. The number of halogens is 1. The van der Waals surface area contributed by atoms with Gasteiger partial charge in [-0.25, -0.2) is 0 Å². The highest BCUT2D eigenvalue weighted by atomic mass is 35.5. The lowest BCUT2D eigenvalue weighted by Crippen LogP contribution is -2.14. The highest BCUT2D eigenvalue weighted by molar-refractivity contribution is 6.29. The number of benzene rings is 1. The average molecular weight is 334 g/mol. The highest BCUT2D eigenvalue weighted by Crippen LogP contribution is 2.33. The second kappa shape index (κ2) is 7.60. The largest absolute Gasteiger partial charge is 0.493 e. The van der Waals surface area contributed by atoms with Crippen LogP contribution in [0.25, 0.3) is 0 Å². The van der Waals surface area contributed by atoms with Gasteiger partial charge in [0.2, 0.25) is 0 Å². The van der Waals surface area contributed by atoms with Gasteiger partial charge in [-0.2, -0.15) is 0 Å². The molecule has 1 aromatic heterocycles. The fourth-order valence-corrected chi connectivity index (χ4v) is 2.15. The molecule has 1 N–H and O–H groups in total. The molecule has 0 aliphatic carbocycles. The van der Waals surface area contributed by atoms with Crippen molar-refractivity contribution in [3.05, 3.63) is 53.2 Å². The molecule has 2 rings (SSSR count). The van der Waals surface area contributed by atoms with Crippen LogP contribution in [0.1, 0.15) is 15.9 Å². The van der Waals surface area contributed by atoms with E-state index in [1.54, 1.807) is 37.5 Å². The van der Waals surface area contributed by atoms with Crippen molar-refractivity contribution in [2.75, 3.05) is 19.5 Å². The van der Waals surface area contributed by atoms with Crippen LogP contribution in [0.5, 0.6) is 11.5 Å². The molecule has 0 saturated heterocycles. The number of carbonyl (C=O) groups is 1. The predicted octanol–water partition coefficient (Wildman–Crippen LogP) is 3.13. The molecule has 0 radical (unpaired) electrons. The molecule has 0 aliphatic heterocycles. The molecule has 7 heteroatoms. The summed E-state index contributed by atoms with van der Waals surface area (Å²) in [6, 6.07) is 6.44. The second-order valence-corrected chi connectivity index (χ2v) is 4.95. The summed E-state index contributed by atoms with van der Waals surface area (Å²) in [5, 5.41) is 10.4. The summed E-state index contributed by atoms with van der Waals surface area (Å²) in [5.41, 5.74) is 1.21. The number of carbonyl (C=O) groups excluding carboxylic acids is 1. The second-order valence-electron chi connectivity index (χ2n) is 4.56. The number of nitrogens with zero attached hydrogens (tertiary/aromatic N) is 2. The van der Waals surface area contributed by atoms with E-state index in [4.69, 9.17) is 21.1 Å². The van der Waals surface area contributed by atoms with Crippen molar-refractivity contribution in [3.8, 4) is 11.5 Å². The number of nitrogens with one attached hydrogen (secondary N) is 1. The van der Waals surface area contributed by atoms with Gasteiger partial charge in [0.1, 0.15) is 0 Å². The van der Waals surface area contributed by atoms with E-state index in [1.807, 2.05) is 0 Å². The Hall–Kier alpha value is -2.60. The molecule has 0 atom stereocenters. The van der Waals surface area contributed by atoms with E-state index in [0.717, 1.165) is 5.56 Å². The minimum absolute atomic E-state index is 0.252. The van der Waals surface area contributed by atoms with Gasteiger partial charge < -0.3 is 14.8 Å². The smallest absolute Gasteiger partial charge is 0.257 e. The van der Waals surface area contributed by atoms with Crippen molar-refractivity contribution >= 4 is 23.3 Å². The van der Waals surface area contributed by atoms with Crippen LogP contribution in [0.3, 0.4) is 0 Å². The molecule has 1 amide bonds. The van der Waals surface area contributed by atoms with Gasteiger partial charge in [0.05, 0.1) is 14.2 Å². The summed E-state index contributed by atoms with van der Waals surface area (Å²) in [7, 11) is 3.06. The summed E-state index contributed by atoms with van der Waals surface area (Å²) in [6.07, 6.45) is 2.27. The van der Waals surface area contributed by atoms with Gasteiger partial charge in [-0.05, 0) is 30.7 Å². The van der Waals surface area contributed by atoms with Crippen molar-refractivity contribution in [1.29, 1.82) is 0 Å². The number of allylic oxidation sites excluding steroid dienone is 1. The molecule has 0 spiro atoms. The topological polar surface area (TPSA) is 73.3 Å². The molecule has 0 saturated carbocycles. The predicted molar refractivity (Wildman–Crippen MR) is 88.4 cm³/mol. The van der Waals surface area contributed by atoms with Crippen molar-refractivity contribution < 1.29 is 14.3 Å². The normalized spacial score (nSPS) is 10.0. The Morgan fingerprint density at radius 1 is 1.30 bits per heavy atom. The molecular formula is C16H16ClN3O3. The lowest BCUT2D eigenvalue weighted by molar-refractivity contribution is 0.102. The van der Waals surface area contributed by atoms with Gasteiger partial charge in [0.15, 0.2) is 22.5 Å². The van der Waals surface area contributed by atoms with Crippen LogP contribution in [0, 0.1) is 0 Å². The minimum atomic E-state index is -0.340. The molecule has 120 valence electrons. The van der Waals surface area contributed by atoms with E-state index >= 15 is 0 Å². The molecule has 0 unspecified atom stereocenters. The number of rotatable bonds is 6. The number of ether oxygens (including phenoxy) is 2. The molecule has 1 aromatic carbocycles. The number of aromatic nitrogens is 2. The van der Waals surface area contributed by atoms with Gasteiger partial charge >= 0.3 is 0 Å². The number of amides is 1. The van der Waals surface area contributed by atoms with Gasteiger partial charge in [-0.3, -0.25) is 4.79 Å². The average Bonchev–Trinajstić information content (AvgIpc) is 2.56. The van der Waals surface area contributed by atoms with Gasteiger partial charge in [0, 0.05) is 11.1 Å². The van der Waals surface area contributed by atoms with Crippen LogP contribution in [0.15, 0.2) is 36.9 Å². The van der Waals surface area contributed by atoms with Crippen LogP contribution in [-0.4, -0.2) is 30.3 Å². The molecular weight excluding hydrogens is 318 g/mol. The maximum Gasteiger partial charge on any atom is 0.257 e. The third-order valence-electron chi connectivity index (χ3n) is 3.06. The first kappa shape index (κ1) is 16.8. The lowest BCUT2D eigenvalue weighted by atomic mass is 10.0. The van der Waals surface area contributed by atoms with E-state index in [9.17, 15) is 4.79 Å². The number of hydrogen-bond donors (Lipinski definition) is 1. The summed E-state index contributed by atoms with van der Waals surface area (Å²) >= 11 is 5.67. The first-order valence-electron chi connectivity index (χ1n) is 6.75. The Balaban J connectivity index is 2.33. The van der Waals surface area contributed by atoms with Crippen LogP contribution in [0.4, 0.5) is 5.82 Å². The lowest BCUT2D eigenvalue weighted by Gasteiger charge is -2.14. The van der Waals surface area contributed by atoms with Gasteiger partial charge in [-0.1, -0.05) is 17.7 Å². The minimum Gasteiger partial charge on any atom is -0.493 e. The van der Waals surface area contributed by atoms with Gasteiger partial charge in [0.25, 0.3) is 5.91 Å². The summed E-state index contributed by atoms with van der Waals surface area (Å²) < 4.78 is 10.6. The number of hydrogen-bond acceptors (Lipinski definition) is 5. The van der Waals surface area contributed by atoms with E-state index in [1.165, 1.54) is 7.11 Å². The maximum absolute atomic E-state index is 12.4. The van der Waals surface area contributed by atoms with Crippen molar-refractivity contribution in [1.82, 2.24) is 10.2 Å². The molecule has 1 heterocycles. The molecule has 0 fully saturated rings. The van der Waals surface area contributed by atoms with Gasteiger partial charge in [-0.15, -0.1) is 16.8 Å². The van der Waals surface area contributed by atoms with Crippen molar-refractivity contribution in [2.24, 2.45) is 0 Å². The number of anilines is 1. The molecule has 0 aliphatic rings. The maximum atomic E-state index is 12.4. The molecule has 6 nitrogen and oxygen atoms in total. The quantitative estimate of drug-likeness (QED) is 0.822. The summed E-state index contributed by atoms with van der Waals surface area (Å²) in [6.45, 7) is 3.71. The first-order chi connectivity index (χ1) is 11.1. The summed E-state index contributed by atoms with van der Waals surface area (Å²) in [4.78, 5) is 12.4. The Morgan fingerprint density at radius 3 is 2.65 bits per heavy atom. The SMILES string of the molecule is C=CCc1cc(C(=O)Nc2ccc(Cl)nn2)cc(OC)c1OC. The molecule has 0 bridgehead atoms. The van der Waals surface area contributed by atoms with Crippen LogP contribution >= 0.6 is 11.6 Å². The van der Waals surface area contributed by atoms with E-state index < -0.39 is 0 Å². The fourth-order valence-electron chi connectivity index (χ4n) is 2.05. The molecule has 23 heavy (non-hydrogen) atoms. The zero-order valence-electron chi connectivity index (χ0n) is 12.8. The monoisotopic (exact) mass is 333 g/mol. The van der Waals surface area contributed by atoms with Crippen molar-refractivity contribution in [2.45, 2.75) is 6.42 Å².